The zero-order valence-electron chi connectivity index (χ0n) is 12.0. The summed E-state index contributed by atoms with van der Waals surface area (Å²) in [5, 5.41) is 8.82. The van der Waals surface area contributed by atoms with Crippen LogP contribution in [0.3, 0.4) is 0 Å². The summed E-state index contributed by atoms with van der Waals surface area (Å²) < 4.78 is 5.28. The molecule has 2 amide bonds. The maximum Gasteiger partial charge on any atom is 0.320 e. The first-order valence-electron chi connectivity index (χ1n) is 7.11. The van der Waals surface area contributed by atoms with E-state index in [0.29, 0.717) is 26.2 Å². The Morgan fingerprint density at radius 3 is 2.60 bits per heavy atom. The Hall–Kier alpha value is -1.34. The number of carboxylic acid groups (broad SMARTS) is 1. The molecule has 0 spiro atoms. The minimum Gasteiger partial charge on any atom is -0.480 e. The normalized spacial score (nSPS) is 24.8. The Morgan fingerprint density at radius 1 is 1.15 bits per heavy atom. The first-order valence-corrected chi connectivity index (χ1v) is 7.11. The molecule has 0 aromatic rings. The van der Waals surface area contributed by atoms with Crippen molar-refractivity contribution in [2.45, 2.75) is 18.9 Å². The molecule has 0 aliphatic carbocycles. The van der Waals surface area contributed by atoms with Crippen LogP contribution in [-0.2, 0) is 9.53 Å². The van der Waals surface area contributed by atoms with E-state index in [2.05, 4.69) is 0 Å². The van der Waals surface area contributed by atoms with Crippen LogP contribution < -0.4 is 0 Å². The Bertz CT molecular complexity index is 364. The Balaban J connectivity index is 1.84. The number of urea groups is 1. The highest BCUT2D eigenvalue weighted by molar-refractivity contribution is 5.75. The van der Waals surface area contributed by atoms with Gasteiger partial charge < -0.3 is 19.6 Å². The number of nitrogens with zero attached hydrogens (tertiary/aromatic N) is 3. The van der Waals surface area contributed by atoms with Gasteiger partial charge in [0.1, 0.15) is 0 Å². The van der Waals surface area contributed by atoms with E-state index in [4.69, 9.17) is 9.84 Å². The van der Waals surface area contributed by atoms with Gasteiger partial charge in [-0.3, -0.25) is 9.69 Å². The molecule has 1 atom stereocenters. The standard InChI is InChI=1S/C13H23N3O4/c1-20-11-3-6-16(9-11)13(19)15-5-2-4-14(7-8-15)10-12(17)18/h11H,2-10H2,1H3,(H,17,18). The Kier molecular flexibility index (Phi) is 5.19. The van der Waals surface area contributed by atoms with Gasteiger partial charge in [-0.15, -0.1) is 0 Å². The average molecular weight is 285 g/mol. The van der Waals surface area contributed by atoms with Crippen molar-refractivity contribution >= 4 is 12.0 Å². The Labute approximate surface area is 119 Å². The number of carbonyl (C=O) groups excluding carboxylic acids is 1. The molecule has 1 unspecified atom stereocenters. The predicted molar refractivity (Wildman–Crippen MR) is 72.6 cm³/mol. The van der Waals surface area contributed by atoms with E-state index >= 15 is 0 Å². The number of amides is 2. The maximum atomic E-state index is 12.4. The van der Waals surface area contributed by atoms with Crippen LogP contribution in [0.1, 0.15) is 12.8 Å². The highest BCUT2D eigenvalue weighted by Gasteiger charge is 2.30. The average Bonchev–Trinajstić information content (AvgIpc) is 2.78. The zero-order valence-corrected chi connectivity index (χ0v) is 12.0. The highest BCUT2D eigenvalue weighted by atomic mass is 16.5. The number of hydrogen-bond acceptors (Lipinski definition) is 4. The van der Waals surface area contributed by atoms with Crippen molar-refractivity contribution in [1.82, 2.24) is 14.7 Å². The fraction of sp³-hybridized carbons (Fsp3) is 0.846. The molecule has 7 nitrogen and oxygen atoms in total. The van der Waals surface area contributed by atoms with Crippen LogP contribution in [0.15, 0.2) is 0 Å². The second-order valence-corrected chi connectivity index (χ2v) is 5.39. The molecule has 2 saturated heterocycles. The molecule has 114 valence electrons. The smallest absolute Gasteiger partial charge is 0.320 e. The van der Waals surface area contributed by atoms with Gasteiger partial charge in [0.25, 0.3) is 0 Å². The third-order valence-corrected chi connectivity index (χ3v) is 3.97. The summed E-state index contributed by atoms with van der Waals surface area (Å²) >= 11 is 0. The second-order valence-electron chi connectivity index (χ2n) is 5.39. The quantitative estimate of drug-likeness (QED) is 0.785. The summed E-state index contributed by atoms with van der Waals surface area (Å²) in [6, 6.07) is 0.0572. The molecule has 1 N–H and O–H groups in total. The molecule has 0 bridgehead atoms. The maximum absolute atomic E-state index is 12.4. The molecule has 0 aromatic carbocycles. The molecule has 20 heavy (non-hydrogen) atoms. The number of rotatable bonds is 3. The van der Waals surface area contributed by atoms with Gasteiger partial charge in [-0.2, -0.15) is 0 Å². The number of likely N-dealkylation sites (tertiary alicyclic amines) is 1. The van der Waals surface area contributed by atoms with Gasteiger partial charge in [0.15, 0.2) is 0 Å². The lowest BCUT2D eigenvalue weighted by atomic mass is 10.3. The van der Waals surface area contributed by atoms with E-state index in [0.717, 1.165) is 25.9 Å². The van der Waals surface area contributed by atoms with E-state index in [-0.39, 0.29) is 18.7 Å². The minimum absolute atomic E-state index is 0.0531. The second kappa shape index (κ2) is 6.90. The van der Waals surface area contributed by atoms with Crippen molar-refractivity contribution in [2.24, 2.45) is 0 Å². The van der Waals surface area contributed by atoms with Gasteiger partial charge in [0.2, 0.25) is 0 Å². The molecule has 2 aliphatic heterocycles. The molecule has 0 radical (unpaired) electrons. The number of hydrogen-bond donors (Lipinski definition) is 1. The number of methoxy groups -OCH3 is 1. The molecular formula is C13H23N3O4. The molecule has 2 aliphatic rings. The van der Waals surface area contributed by atoms with Crippen molar-refractivity contribution in [3.63, 3.8) is 0 Å². The molecular weight excluding hydrogens is 262 g/mol. The van der Waals surface area contributed by atoms with Gasteiger partial charge in [0.05, 0.1) is 12.6 Å². The number of aliphatic carboxylic acids is 1. The SMILES string of the molecule is COC1CCN(C(=O)N2CCCN(CC(=O)O)CC2)C1. The first-order chi connectivity index (χ1) is 9.60. The van der Waals surface area contributed by atoms with Crippen LogP contribution in [0.25, 0.3) is 0 Å². The monoisotopic (exact) mass is 285 g/mol. The van der Waals surface area contributed by atoms with Crippen molar-refractivity contribution < 1.29 is 19.4 Å². The van der Waals surface area contributed by atoms with Crippen molar-refractivity contribution in [2.75, 3.05) is 52.9 Å². The van der Waals surface area contributed by atoms with Crippen molar-refractivity contribution in [3.05, 3.63) is 0 Å². The summed E-state index contributed by atoms with van der Waals surface area (Å²) in [4.78, 5) is 28.7. The lowest BCUT2D eigenvalue weighted by molar-refractivity contribution is -0.138. The Morgan fingerprint density at radius 2 is 1.95 bits per heavy atom. The largest absolute Gasteiger partial charge is 0.480 e. The predicted octanol–water partition coefficient (Wildman–Crippen LogP) is -0.0806. The van der Waals surface area contributed by atoms with Crippen LogP contribution in [-0.4, -0.2) is 90.8 Å². The third kappa shape index (κ3) is 3.83. The van der Waals surface area contributed by atoms with E-state index in [9.17, 15) is 9.59 Å². The minimum atomic E-state index is -0.813. The van der Waals surface area contributed by atoms with Crippen LogP contribution in [0.5, 0.6) is 0 Å². The van der Waals surface area contributed by atoms with Gasteiger partial charge in [-0.25, -0.2) is 4.79 Å². The van der Waals surface area contributed by atoms with Crippen LogP contribution in [0.4, 0.5) is 4.79 Å². The highest BCUT2D eigenvalue weighted by Crippen LogP contribution is 2.15. The third-order valence-electron chi connectivity index (χ3n) is 3.97. The molecule has 0 aromatic heterocycles. The topological polar surface area (TPSA) is 73.3 Å². The fourth-order valence-electron chi connectivity index (χ4n) is 2.81. The summed E-state index contributed by atoms with van der Waals surface area (Å²) in [6.07, 6.45) is 1.86. The van der Waals surface area contributed by atoms with Crippen LogP contribution in [0.2, 0.25) is 0 Å². The van der Waals surface area contributed by atoms with Crippen LogP contribution in [0, 0.1) is 0 Å². The summed E-state index contributed by atoms with van der Waals surface area (Å²) in [7, 11) is 1.67. The van der Waals surface area contributed by atoms with Crippen LogP contribution >= 0.6 is 0 Å². The van der Waals surface area contributed by atoms with Gasteiger partial charge in [0, 0.05) is 46.4 Å². The molecule has 7 heteroatoms. The van der Waals surface area contributed by atoms with E-state index < -0.39 is 5.97 Å². The number of carboxylic acids is 1. The number of carbonyl (C=O) groups is 2. The zero-order chi connectivity index (χ0) is 14.5. The number of ether oxygens (including phenoxy) is 1. The summed E-state index contributed by atoms with van der Waals surface area (Å²) in [5.74, 6) is -0.813. The van der Waals surface area contributed by atoms with E-state index in [1.54, 1.807) is 7.11 Å². The molecule has 0 saturated carbocycles. The van der Waals surface area contributed by atoms with Gasteiger partial charge >= 0.3 is 12.0 Å². The van der Waals surface area contributed by atoms with E-state index in [1.807, 2.05) is 14.7 Å². The molecule has 2 heterocycles. The molecule has 2 fully saturated rings. The fourth-order valence-corrected chi connectivity index (χ4v) is 2.81. The van der Waals surface area contributed by atoms with Gasteiger partial charge in [-0.1, -0.05) is 0 Å². The molecule has 2 rings (SSSR count). The lowest BCUT2D eigenvalue weighted by Crippen LogP contribution is -2.44. The van der Waals surface area contributed by atoms with Crippen molar-refractivity contribution in [1.29, 1.82) is 0 Å². The first kappa shape index (κ1) is 15.1. The summed E-state index contributed by atoms with van der Waals surface area (Å²) in [5.41, 5.74) is 0. The van der Waals surface area contributed by atoms with E-state index in [1.165, 1.54) is 0 Å². The lowest BCUT2D eigenvalue weighted by Gasteiger charge is -2.27. The van der Waals surface area contributed by atoms with Gasteiger partial charge in [-0.05, 0) is 12.8 Å². The van der Waals surface area contributed by atoms with Crippen molar-refractivity contribution in [3.8, 4) is 0 Å². The summed E-state index contributed by atoms with van der Waals surface area (Å²) in [6.45, 7) is 4.11.